The summed E-state index contributed by atoms with van der Waals surface area (Å²) in [6, 6.07) is -0.664. The van der Waals surface area contributed by atoms with Crippen LogP contribution in [0, 0.1) is 0 Å². The number of ether oxygens (including phenoxy) is 3. The number of alkyl carbamates (subject to hydrolysis) is 1. The van der Waals surface area contributed by atoms with E-state index in [1.54, 1.807) is 0 Å². The molecule has 0 rings (SSSR count). The SMILES string of the molecule is CCCCCCCC/C=C\CCCCCCCC(=O)OCC(COC(=O)CCCCCCC/C=C\CCCCCCCC)NC(=O)OCCN(C)CC. The second-order valence-electron chi connectivity index (χ2n) is 14.9. The average molecular weight is 749 g/mol. The predicted octanol–water partition coefficient (Wildman–Crippen LogP) is 12.2. The second-order valence-corrected chi connectivity index (χ2v) is 14.9. The summed E-state index contributed by atoms with van der Waals surface area (Å²) < 4.78 is 16.3. The van der Waals surface area contributed by atoms with Gasteiger partial charge in [-0.05, 0) is 77.8 Å². The highest BCUT2D eigenvalue weighted by Gasteiger charge is 2.18. The van der Waals surface area contributed by atoms with Gasteiger partial charge >= 0.3 is 18.0 Å². The molecule has 0 unspecified atom stereocenters. The van der Waals surface area contributed by atoms with Crippen molar-refractivity contribution in [3.05, 3.63) is 24.3 Å². The number of likely N-dealkylation sites (N-methyl/N-ethyl adjacent to an activating group) is 1. The van der Waals surface area contributed by atoms with E-state index >= 15 is 0 Å². The lowest BCUT2D eigenvalue weighted by atomic mass is 10.1. The van der Waals surface area contributed by atoms with Crippen LogP contribution in [0.3, 0.4) is 0 Å². The first-order valence-electron chi connectivity index (χ1n) is 22.2. The number of nitrogens with one attached hydrogen (secondary N) is 1. The van der Waals surface area contributed by atoms with Gasteiger partial charge in [0.2, 0.25) is 0 Å². The number of hydrogen-bond acceptors (Lipinski definition) is 7. The van der Waals surface area contributed by atoms with E-state index in [1.807, 2.05) is 18.9 Å². The summed E-state index contributed by atoms with van der Waals surface area (Å²) in [6.07, 6.45) is 40.6. The Morgan fingerprint density at radius 1 is 0.509 bits per heavy atom. The third kappa shape index (κ3) is 39.2. The van der Waals surface area contributed by atoms with Crippen LogP contribution < -0.4 is 5.32 Å². The molecule has 0 atom stereocenters. The number of esters is 2. The van der Waals surface area contributed by atoms with Crippen LogP contribution in [-0.4, -0.2) is 68.9 Å². The number of nitrogens with zero attached hydrogens (tertiary/aromatic N) is 1. The van der Waals surface area contributed by atoms with Crippen molar-refractivity contribution in [2.75, 3.05) is 40.0 Å². The topological polar surface area (TPSA) is 94.2 Å². The van der Waals surface area contributed by atoms with E-state index in [0.717, 1.165) is 57.9 Å². The van der Waals surface area contributed by atoms with Gasteiger partial charge in [0.15, 0.2) is 0 Å². The highest BCUT2D eigenvalue weighted by Crippen LogP contribution is 2.12. The van der Waals surface area contributed by atoms with Gasteiger partial charge in [-0.15, -0.1) is 0 Å². The number of rotatable bonds is 39. The van der Waals surface area contributed by atoms with E-state index in [-0.39, 0.29) is 31.8 Å². The summed E-state index contributed by atoms with van der Waals surface area (Å²) >= 11 is 0. The minimum Gasteiger partial charge on any atom is -0.463 e. The Kier molecular flexibility index (Phi) is 39.0. The Morgan fingerprint density at radius 3 is 1.25 bits per heavy atom. The molecule has 0 aromatic carbocycles. The zero-order valence-corrected chi connectivity index (χ0v) is 35.1. The number of unbranched alkanes of at least 4 members (excludes halogenated alkanes) is 22. The van der Waals surface area contributed by atoms with E-state index in [2.05, 4.69) is 43.5 Å². The third-order valence-corrected chi connectivity index (χ3v) is 9.74. The lowest BCUT2D eigenvalue weighted by Gasteiger charge is -2.19. The van der Waals surface area contributed by atoms with Gasteiger partial charge in [-0.25, -0.2) is 4.79 Å². The molecule has 0 saturated heterocycles. The Labute approximate surface area is 327 Å². The fourth-order valence-electron chi connectivity index (χ4n) is 6.00. The van der Waals surface area contributed by atoms with Crippen LogP contribution in [-0.2, 0) is 23.8 Å². The molecule has 0 bridgehead atoms. The third-order valence-electron chi connectivity index (χ3n) is 9.74. The van der Waals surface area contributed by atoms with E-state index in [1.165, 1.54) is 116 Å². The highest BCUT2D eigenvalue weighted by atomic mass is 16.6. The van der Waals surface area contributed by atoms with Crippen molar-refractivity contribution in [2.45, 2.75) is 207 Å². The van der Waals surface area contributed by atoms with Gasteiger partial charge in [-0.1, -0.05) is 148 Å². The van der Waals surface area contributed by atoms with Crippen LogP contribution >= 0.6 is 0 Å². The number of hydrogen-bond donors (Lipinski definition) is 1. The highest BCUT2D eigenvalue weighted by molar-refractivity contribution is 5.70. The maximum atomic E-state index is 12.5. The quantitative estimate of drug-likeness (QED) is 0.0289. The number of carbonyl (C=O) groups is 3. The summed E-state index contributed by atoms with van der Waals surface area (Å²) in [7, 11) is 1.95. The van der Waals surface area contributed by atoms with E-state index in [4.69, 9.17) is 14.2 Å². The molecule has 0 fully saturated rings. The molecule has 0 aliphatic carbocycles. The Balaban J connectivity index is 4.21. The predicted molar refractivity (Wildman–Crippen MR) is 222 cm³/mol. The zero-order valence-electron chi connectivity index (χ0n) is 35.1. The summed E-state index contributed by atoms with van der Waals surface area (Å²) in [5, 5.41) is 2.72. The van der Waals surface area contributed by atoms with Gasteiger partial charge in [-0.2, -0.15) is 0 Å². The maximum absolute atomic E-state index is 12.5. The first-order chi connectivity index (χ1) is 25.9. The molecule has 8 nitrogen and oxygen atoms in total. The molecule has 1 N–H and O–H groups in total. The van der Waals surface area contributed by atoms with Gasteiger partial charge in [0, 0.05) is 19.4 Å². The van der Waals surface area contributed by atoms with Crippen molar-refractivity contribution in [3.63, 3.8) is 0 Å². The number of allylic oxidation sites excluding steroid dienone is 4. The standard InChI is InChI=1S/C45H84N2O6/c1-5-8-10-12-14-16-18-20-22-24-26-28-30-32-34-36-43(48)52-40-42(46-45(50)51-39-38-47(4)7-3)41-53-44(49)37-35-33-31-29-27-25-23-21-19-17-15-13-11-9-6-2/h20-23,42H,5-19,24-41H2,1-4H3,(H,46,50)/b22-20-,23-21-. The van der Waals surface area contributed by atoms with Crippen molar-refractivity contribution < 1.29 is 28.6 Å². The van der Waals surface area contributed by atoms with Crippen LogP contribution in [0.15, 0.2) is 24.3 Å². The van der Waals surface area contributed by atoms with Crippen molar-refractivity contribution >= 4 is 18.0 Å². The van der Waals surface area contributed by atoms with Crippen LogP contribution in [0.4, 0.5) is 4.79 Å². The normalized spacial score (nSPS) is 11.7. The maximum Gasteiger partial charge on any atom is 0.407 e. The first kappa shape index (κ1) is 50.6. The summed E-state index contributed by atoms with van der Waals surface area (Å²) in [6.45, 7) is 8.14. The molecule has 1 amide bonds. The monoisotopic (exact) mass is 749 g/mol. The van der Waals surface area contributed by atoms with Crippen molar-refractivity contribution in [1.29, 1.82) is 0 Å². The number of carbonyl (C=O) groups excluding carboxylic acids is 3. The minimum atomic E-state index is -0.664. The Morgan fingerprint density at radius 2 is 0.868 bits per heavy atom. The fraction of sp³-hybridized carbons (Fsp3) is 0.844. The molecule has 0 aromatic rings. The second kappa shape index (κ2) is 40.8. The molecular weight excluding hydrogens is 665 g/mol. The van der Waals surface area contributed by atoms with Crippen molar-refractivity contribution in [1.82, 2.24) is 10.2 Å². The van der Waals surface area contributed by atoms with Gasteiger partial charge in [-0.3, -0.25) is 9.59 Å². The lowest BCUT2D eigenvalue weighted by molar-refractivity contribution is -0.147. The molecule has 0 aliphatic heterocycles. The van der Waals surface area contributed by atoms with Gasteiger partial charge < -0.3 is 24.4 Å². The van der Waals surface area contributed by atoms with Crippen LogP contribution in [0.1, 0.15) is 201 Å². The van der Waals surface area contributed by atoms with Crippen molar-refractivity contribution in [2.24, 2.45) is 0 Å². The molecule has 8 heteroatoms. The van der Waals surface area contributed by atoms with E-state index in [0.29, 0.717) is 19.4 Å². The van der Waals surface area contributed by atoms with Gasteiger partial charge in [0.05, 0.1) is 0 Å². The average Bonchev–Trinajstić information content (AvgIpc) is 3.15. The molecular formula is C45H84N2O6. The Hall–Kier alpha value is -2.35. The minimum absolute atomic E-state index is 0.0610. The van der Waals surface area contributed by atoms with Gasteiger partial charge in [0.25, 0.3) is 0 Å². The van der Waals surface area contributed by atoms with E-state index in [9.17, 15) is 14.4 Å². The first-order valence-corrected chi connectivity index (χ1v) is 22.2. The smallest absolute Gasteiger partial charge is 0.407 e. The largest absolute Gasteiger partial charge is 0.463 e. The lowest BCUT2D eigenvalue weighted by Crippen LogP contribution is -2.43. The Bertz CT molecular complexity index is 836. The molecule has 0 spiro atoms. The van der Waals surface area contributed by atoms with Crippen LogP contribution in [0.2, 0.25) is 0 Å². The molecule has 0 radical (unpaired) electrons. The molecule has 310 valence electrons. The fourth-order valence-corrected chi connectivity index (χ4v) is 6.00. The van der Waals surface area contributed by atoms with Crippen LogP contribution in [0.25, 0.3) is 0 Å². The molecule has 0 aliphatic rings. The summed E-state index contributed by atoms with van der Waals surface area (Å²) in [4.78, 5) is 39.4. The van der Waals surface area contributed by atoms with Crippen molar-refractivity contribution in [3.8, 4) is 0 Å². The molecule has 53 heavy (non-hydrogen) atoms. The van der Waals surface area contributed by atoms with Gasteiger partial charge in [0.1, 0.15) is 25.9 Å². The molecule has 0 saturated carbocycles. The zero-order chi connectivity index (χ0) is 38.9. The summed E-state index contributed by atoms with van der Waals surface area (Å²) in [5.41, 5.74) is 0. The summed E-state index contributed by atoms with van der Waals surface area (Å²) in [5.74, 6) is -0.598. The van der Waals surface area contributed by atoms with E-state index < -0.39 is 12.1 Å². The van der Waals surface area contributed by atoms with Crippen LogP contribution in [0.5, 0.6) is 0 Å². The number of amides is 1. The molecule has 0 aromatic heterocycles. The molecule has 0 heterocycles.